The number of ether oxygens (including phenoxy) is 1. The van der Waals surface area contributed by atoms with Gasteiger partial charge in [0.25, 0.3) is 0 Å². The van der Waals surface area contributed by atoms with Crippen molar-refractivity contribution in [2.45, 2.75) is 0 Å². The fourth-order valence-electron chi connectivity index (χ4n) is 2.28. The molecule has 0 fully saturated rings. The highest BCUT2D eigenvalue weighted by molar-refractivity contribution is 5.95. The zero-order chi connectivity index (χ0) is 14.8. The first-order valence-corrected chi connectivity index (χ1v) is 6.40. The minimum Gasteiger partial charge on any atom is -0.490 e. The number of para-hydroxylation sites is 1. The summed E-state index contributed by atoms with van der Waals surface area (Å²) >= 11 is 0. The summed E-state index contributed by atoms with van der Waals surface area (Å²) in [5.41, 5.74) is 1.04. The van der Waals surface area contributed by atoms with E-state index < -0.39 is 0 Å². The van der Waals surface area contributed by atoms with Crippen molar-refractivity contribution >= 4 is 17.3 Å². The van der Waals surface area contributed by atoms with Crippen molar-refractivity contribution < 1.29 is 13.9 Å². The van der Waals surface area contributed by atoms with E-state index >= 15 is 0 Å². The molecule has 0 aliphatic heterocycles. The van der Waals surface area contributed by atoms with Crippen LogP contribution in [-0.2, 0) is 0 Å². The van der Waals surface area contributed by atoms with E-state index in [-0.39, 0.29) is 16.8 Å². The maximum atomic E-state index is 12.5. The molecule has 4 heteroatoms. The molecule has 21 heavy (non-hydrogen) atoms. The summed E-state index contributed by atoms with van der Waals surface area (Å²) in [6.45, 7) is 0. The predicted molar refractivity (Wildman–Crippen MR) is 79.9 cm³/mol. The molecule has 0 radical (unpaired) electrons. The number of carbonyl (C=O) groups is 1. The Balaban J connectivity index is 2.45. The van der Waals surface area contributed by atoms with Crippen LogP contribution in [0.25, 0.3) is 22.3 Å². The molecule has 0 aliphatic rings. The van der Waals surface area contributed by atoms with Gasteiger partial charge in [-0.25, -0.2) is 0 Å². The van der Waals surface area contributed by atoms with E-state index in [1.807, 2.05) is 30.3 Å². The van der Waals surface area contributed by atoms with Gasteiger partial charge in [0.2, 0.25) is 11.2 Å². The lowest BCUT2D eigenvalue weighted by Crippen LogP contribution is -2.08. The zero-order valence-corrected chi connectivity index (χ0v) is 11.3. The number of benzene rings is 2. The average Bonchev–Trinajstić information content (AvgIpc) is 2.55. The van der Waals surface area contributed by atoms with Crippen LogP contribution < -0.4 is 10.2 Å². The van der Waals surface area contributed by atoms with Crippen LogP contribution in [0, 0.1) is 0 Å². The van der Waals surface area contributed by atoms with E-state index in [2.05, 4.69) is 0 Å². The quantitative estimate of drug-likeness (QED) is 0.691. The van der Waals surface area contributed by atoms with Crippen molar-refractivity contribution in [3.8, 4) is 17.1 Å². The summed E-state index contributed by atoms with van der Waals surface area (Å²) in [4.78, 5) is 23.7. The first kappa shape index (κ1) is 13.1. The maximum Gasteiger partial charge on any atom is 0.235 e. The molecule has 0 saturated carbocycles. The Morgan fingerprint density at radius 2 is 1.81 bits per heavy atom. The molecule has 0 spiro atoms. The molecule has 0 saturated heterocycles. The number of rotatable bonds is 3. The second-order valence-electron chi connectivity index (χ2n) is 4.50. The lowest BCUT2D eigenvalue weighted by molar-refractivity contribution is 0.112. The van der Waals surface area contributed by atoms with Gasteiger partial charge in [0, 0.05) is 5.56 Å². The first-order valence-electron chi connectivity index (χ1n) is 6.40. The van der Waals surface area contributed by atoms with Gasteiger partial charge in [0.1, 0.15) is 5.58 Å². The molecule has 2 aromatic carbocycles. The second-order valence-corrected chi connectivity index (χ2v) is 4.50. The van der Waals surface area contributed by atoms with Crippen LogP contribution in [0.15, 0.2) is 57.7 Å². The molecule has 0 unspecified atom stereocenters. The topological polar surface area (TPSA) is 56.5 Å². The molecule has 4 nitrogen and oxygen atoms in total. The Kier molecular flexibility index (Phi) is 3.28. The summed E-state index contributed by atoms with van der Waals surface area (Å²) in [6, 6.07) is 14.0. The van der Waals surface area contributed by atoms with E-state index in [1.165, 1.54) is 7.11 Å². The van der Waals surface area contributed by atoms with Gasteiger partial charge in [-0.2, -0.15) is 0 Å². The standard InChI is InChI=1S/C17H12O4/c1-20-17-14(19)13-9-5-8-12(10-18)15(13)21-16(17)11-6-3-2-4-7-11/h2-10H,1H3. The van der Waals surface area contributed by atoms with Crippen molar-refractivity contribution in [1.29, 1.82) is 0 Å². The van der Waals surface area contributed by atoms with Crippen LogP contribution in [-0.4, -0.2) is 13.4 Å². The van der Waals surface area contributed by atoms with Gasteiger partial charge in [-0.05, 0) is 12.1 Å². The van der Waals surface area contributed by atoms with Gasteiger partial charge in [-0.3, -0.25) is 9.59 Å². The first-order chi connectivity index (χ1) is 10.3. The zero-order valence-electron chi connectivity index (χ0n) is 11.3. The van der Waals surface area contributed by atoms with Crippen molar-refractivity contribution in [3.63, 3.8) is 0 Å². The average molecular weight is 280 g/mol. The number of methoxy groups -OCH3 is 1. The Morgan fingerprint density at radius 3 is 2.48 bits per heavy atom. The van der Waals surface area contributed by atoms with Crippen LogP contribution in [0.3, 0.4) is 0 Å². The van der Waals surface area contributed by atoms with Crippen LogP contribution in [0.5, 0.6) is 5.75 Å². The number of aldehydes is 1. The number of carbonyl (C=O) groups excluding carboxylic acids is 1. The van der Waals surface area contributed by atoms with Gasteiger partial charge >= 0.3 is 0 Å². The van der Waals surface area contributed by atoms with Crippen molar-refractivity contribution in [3.05, 3.63) is 64.3 Å². The normalized spacial score (nSPS) is 10.5. The molecule has 3 aromatic rings. The predicted octanol–water partition coefficient (Wildman–Crippen LogP) is 3.28. The van der Waals surface area contributed by atoms with Crippen LogP contribution in [0.2, 0.25) is 0 Å². The molecule has 104 valence electrons. The van der Waals surface area contributed by atoms with E-state index in [4.69, 9.17) is 9.15 Å². The molecule has 0 bridgehead atoms. The molecule has 3 rings (SSSR count). The number of fused-ring (bicyclic) bond motifs is 1. The van der Waals surface area contributed by atoms with Gasteiger partial charge in [-0.1, -0.05) is 36.4 Å². The van der Waals surface area contributed by atoms with Crippen molar-refractivity contribution in [2.24, 2.45) is 0 Å². The van der Waals surface area contributed by atoms with Crippen LogP contribution in [0.4, 0.5) is 0 Å². The highest BCUT2D eigenvalue weighted by atomic mass is 16.5. The largest absolute Gasteiger partial charge is 0.490 e. The van der Waals surface area contributed by atoms with E-state index in [0.717, 1.165) is 0 Å². The molecule has 1 heterocycles. The molecule has 1 aromatic heterocycles. The van der Waals surface area contributed by atoms with Crippen molar-refractivity contribution in [1.82, 2.24) is 0 Å². The minimum absolute atomic E-state index is 0.136. The van der Waals surface area contributed by atoms with Gasteiger partial charge in [0.05, 0.1) is 18.1 Å². The van der Waals surface area contributed by atoms with Gasteiger partial charge in [0.15, 0.2) is 12.0 Å². The third-order valence-corrected chi connectivity index (χ3v) is 3.27. The minimum atomic E-state index is -0.290. The third kappa shape index (κ3) is 2.10. The lowest BCUT2D eigenvalue weighted by atomic mass is 10.1. The van der Waals surface area contributed by atoms with Gasteiger partial charge in [-0.15, -0.1) is 0 Å². The summed E-state index contributed by atoms with van der Waals surface area (Å²) in [5, 5.41) is 0.330. The summed E-state index contributed by atoms with van der Waals surface area (Å²) < 4.78 is 11.0. The monoisotopic (exact) mass is 280 g/mol. The maximum absolute atomic E-state index is 12.5. The Morgan fingerprint density at radius 1 is 1.05 bits per heavy atom. The Hall–Kier alpha value is -2.88. The van der Waals surface area contributed by atoms with E-state index in [0.29, 0.717) is 28.6 Å². The molecular weight excluding hydrogens is 268 g/mol. The van der Waals surface area contributed by atoms with E-state index in [1.54, 1.807) is 18.2 Å². The summed E-state index contributed by atoms with van der Waals surface area (Å²) in [5.74, 6) is 0.460. The van der Waals surface area contributed by atoms with Crippen LogP contribution >= 0.6 is 0 Å². The lowest BCUT2D eigenvalue weighted by Gasteiger charge is -2.09. The smallest absolute Gasteiger partial charge is 0.235 e. The summed E-state index contributed by atoms with van der Waals surface area (Å²) in [7, 11) is 1.42. The SMILES string of the molecule is COc1c(-c2ccccc2)oc2c(C=O)cccc2c1=O. The molecule has 0 amide bonds. The second kappa shape index (κ2) is 5.25. The Bertz CT molecular complexity index is 863. The fourth-order valence-corrected chi connectivity index (χ4v) is 2.28. The number of hydrogen-bond donors (Lipinski definition) is 0. The fraction of sp³-hybridized carbons (Fsp3) is 0.0588. The highest BCUT2D eigenvalue weighted by Crippen LogP contribution is 2.31. The molecular formula is C17H12O4. The Labute approximate surface area is 120 Å². The third-order valence-electron chi connectivity index (χ3n) is 3.27. The highest BCUT2D eigenvalue weighted by Gasteiger charge is 2.18. The molecule has 0 aliphatic carbocycles. The van der Waals surface area contributed by atoms with Crippen molar-refractivity contribution in [2.75, 3.05) is 7.11 Å². The summed E-state index contributed by atoms with van der Waals surface area (Å²) in [6.07, 6.45) is 0.673. The number of hydrogen-bond acceptors (Lipinski definition) is 4. The molecule has 0 atom stereocenters. The van der Waals surface area contributed by atoms with E-state index in [9.17, 15) is 9.59 Å². The van der Waals surface area contributed by atoms with Crippen LogP contribution in [0.1, 0.15) is 10.4 Å². The van der Waals surface area contributed by atoms with Gasteiger partial charge < -0.3 is 9.15 Å². The molecule has 0 N–H and O–H groups in total.